The first kappa shape index (κ1) is 10.9. The number of halogens is 3. The van der Waals surface area contributed by atoms with Crippen LogP contribution in [0.3, 0.4) is 0 Å². The van der Waals surface area contributed by atoms with E-state index in [0.29, 0.717) is 4.47 Å². The van der Waals surface area contributed by atoms with Crippen molar-refractivity contribution in [2.75, 3.05) is 0 Å². The predicted octanol–water partition coefficient (Wildman–Crippen LogP) is 2.66. The molecule has 0 unspecified atom stereocenters. The minimum atomic E-state index is -3.72. The maximum Gasteiger partial charge on any atom is 0.236 e. The molecule has 0 amide bonds. The molecule has 2 nitrogen and oxygen atoms in total. The molecule has 0 fully saturated rings. The second-order valence-electron chi connectivity index (χ2n) is 2.38. The number of hydrogen-bond donors (Lipinski definition) is 0. The minimum Gasteiger partial charge on any atom is -0.212 e. The molecule has 0 aromatic heterocycles. The van der Waals surface area contributed by atoms with Crippen molar-refractivity contribution in [2.45, 2.75) is 5.75 Å². The van der Waals surface area contributed by atoms with Gasteiger partial charge in [0, 0.05) is 20.7 Å². The third-order valence-electron chi connectivity index (χ3n) is 1.38. The maximum absolute atomic E-state index is 13.0. The standard InChI is InChI=1S/C7H5BrClFO2S/c8-6-2-1-3-7(10)5(6)4-13(9,11)12/h1-3H,4H2. The monoisotopic (exact) mass is 286 g/mol. The lowest BCUT2D eigenvalue weighted by atomic mass is 10.2. The van der Waals surface area contributed by atoms with Crippen LogP contribution in [0.25, 0.3) is 0 Å². The van der Waals surface area contributed by atoms with Crippen molar-refractivity contribution in [3.8, 4) is 0 Å². The van der Waals surface area contributed by atoms with Crippen molar-refractivity contribution in [3.05, 3.63) is 34.1 Å². The molecule has 1 aromatic rings. The van der Waals surface area contributed by atoms with Gasteiger partial charge in [-0.1, -0.05) is 22.0 Å². The summed E-state index contributed by atoms with van der Waals surface area (Å²) in [5.41, 5.74) is 0.0532. The van der Waals surface area contributed by atoms with Gasteiger partial charge in [-0.3, -0.25) is 0 Å². The van der Waals surface area contributed by atoms with Crippen molar-refractivity contribution in [3.63, 3.8) is 0 Å². The molecular weight excluding hydrogens is 282 g/mol. The van der Waals surface area contributed by atoms with Crippen LogP contribution in [-0.2, 0) is 14.8 Å². The molecule has 0 radical (unpaired) electrons. The molecule has 1 rings (SSSR count). The third-order valence-corrected chi connectivity index (χ3v) is 3.08. The van der Waals surface area contributed by atoms with Gasteiger partial charge in [0.15, 0.2) is 0 Å². The Kier molecular flexibility index (Phi) is 3.32. The van der Waals surface area contributed by atoms with Crippen molar-refractivity contribution >= 4 is 35.7 Å². The Balaban J connectivity index is 3.15. The van der Waals surface area contributed by atoms with E-state index in [0.717, 1.165) is 0 Å². The topological polar surface area (TPSA) is 34.1 Å². The van der Waals surface area contributed by atoms with Crippen molar-refractivity contribution in [1.82, 2.24) is 0 Å². The third kappa shape index (κ3) is 3.25. The first-order valence-corrected chi connectivity index (χ1v) is 6.52. The van der Waals surface area contributed by atoms with Gasteiger partial charge in [0.1, 0.15) is 5.82 Å². The van der Waals surface area contributed by atoms with Gasteiger partial charge in [-0.25, -0.2) is 12.8 Å². The number of rotatable bonds is 2. The van der Waals surface area contributed by atoms with Gasteiger partial charge in [-0.05, 0) is 12.1 Å². The molecule has 6 heteroatoms. The summed E-state index contributed by atoms with van der Waals surface area (Å²) in [4.78, 5) is 0. The van der Waals surface area contributed by atoms with Crippen molar-refractivity contribution in [1.29, 1.82) is 0 Å². The van der Waals surface area contributed by atoms with Crippen LogP contribution in [0.1, 0.15) is 5.56 Å². The van der Waals surface area contributed by atoms with Gasteiger partial charge < -0.3 is 0 Å². The highest BCUT2D eigenvalue weighted by Crippen LogP contribution is 2.22. The predicted molar refractivity (Wildman–Crippen MR) is 52.6 cm³/mol. The first-order chi connectivity index (χ1) is 5.90. The molecule has 0 saturated carbocycles. The van der Waals surface area contributed by atoms with E-state index >= 15 is 0 Å². The highest BCUT2D eigenvalue weighted by atomic mass is 79.9. The minimum absolute atomic E-state index is 0.0532. The van der Waals surface area contributed by atoms with E-state index in [4.69, 9.17) is 10.7 Å². The Morgan fingerprint density at radius 2 is 2.08 bits per heavy atom. The Morgan fingerprint density at radius 3 is 2.54 bits per heavy atom. The molecule has 0 aliphatic carbocycles. The van der Waals surface area contributed by atoms with E-state index in [1.54, 1.807) is 6.07 Å². The zero-order valence-corrected chi connectivity index (χ0v) is 9.46. The Hall–Kier alpha value is -0.130. The first-order valence-electron chi connectivity index (χ1n) is 3.25. The lowest BCUT2D eigenvalue weighted by Gasteiger charge is -2.02. The van der Waals surface area contributed by atoms with Gasteiger partial charge >= 0.3 is 0 Å². The van der Waals surface area contributed by atoms with Gasteiger partial charge in [0.05, 0.1) is 5.75 Å². The molecular formula is C7H5BrClFO2S. The Bertz CT molecular complexity index is 398. The van der Waals surface area contributed by atoms with Crippen molar-refractivity contribution in [2.24, 2.45) is 0 Å². The number of hydrogen-bond acceptors (Lipinski definition) is 2. The van der Waals surface area contributed by atoms with Crippen LogP contribution in [-0.4, -0.2) is 8.42 Å². The molecule has 0 N–H and O–H groups in total. The summed E-state index contributed by atoms with van der Waals surface area (Å²) in [5, 5.41) is 0. The van der Waals surface area contributed by atoms with Crippen LogP contribution >= 0.6 is 26.6 Å². The van der Waals surface area contributed by atoms with Gasteiger partial charge in [-0.15, -0.1) is 0 Å². The average Bonchev–Trinajstić information content (AvgIpc) is 1.95. The normalized spacial score (nSPS) is 11.6. The Morgan fingerprint density at radius 1 is 1.46 bits per heavy atom. The fraction of sp³-hybridized carbons (Fsp3) is 0.143. The van der Waals surface area contributed by atoms with Crippen LogP contribution in [0.15, 0.2) is 22.7 Å². The lowest BCUT2D eigenvalue weighted by molar-refractivity contribution is 0.596. The molecule has 0 atom stereocenters. The molecule has 0 bridgehead atoms. The fourth-order valence-corrected chi connectivity index (χ4v) is 2.48. The molecule has 13 heavy (non-hydrogen) atoms. The van der Waals surface area contributed by atoms with Crippen LogP contribution < -0.4 is 0 Å². The van der Waals surface area contributed by atoms with Gasteiger partial charge in [-0.2, -0.15) is 0 Å². The highest BCUT2D eigenvalue weighted by molar-refractivity contribution is 9.10. The van der Waals surface area contributed by atoms with E-state index in [1.165, 1.54) is 12.1 Å². The second-order valence-corrected chi connectivity index (χ2v) is 6.01. The van der Waals surface area contributed by atoms with Crippen LogP contribution in [0, 0.1) is 5.82 Å². The summed E-state index contributed by atoms with van der Waals surface area (Å²) < 4.78 is 34.8. The molecule has 1 aromatic carbocycles. The van der Waals surface area contributed by atoms with Crippen LogP contribution in [0.4, 0.5) is 4.39 Å². The number of benzene rings is 1. The summed E-state index contributed by atoms with van der Waals surface area (Å²) in [6, 6.07) is 4.21. The maximum atomic E-state index is 13.0. The fourth-order valence-electron chi connectivity index (χ4n) is 0.843. The summed E-state index contributed by atoms with van der Waals surface area (Å²) in [7, 11) is 1.28. The second kappa shape index (κ2) is 3.94. The zero-order chi connectivity index (χ0) is 10.1. The zero-order valence-electron chi connectivity index (χ0n) is 6.30. The average molecular weight is 288 g/mol. The van der Waals surface area contributed by atoms with E-state index in [2.05, 4.69) is 15.9 Å². The molecule has 0 aliphatic heterocycles. The van der Waals surface area contributed by atoms with E-state index < -0.39 is 20.6 Å². The SMILES string of the molecule is O=S(=O)(Cl)Cc1c(F)cccc1Br. The van der Waals surface area contributed by atoms with E-state index in [-0.39, 0.29) is 5.56 Å². The summed E-state index contributed by atoms with van der Waals surface area (Å²) >= 11 is 3.04. The Labute approximate surface area is 88.3 Å². The molecule has 72 valence electrons. The molecule has 0 aliphatic rings. The summed E-state index contributed by atoms with van der Waals surface area (Å²) in [6.07, 6.45) is 0. The van der Waals surface area contributed by atoms with Crippen molar-refractivity contribution < 1.29 is 12.8 Å². The van der Waals surface area contributed by atoms with E-state index in [1.807, 2.05) is 0 Å². The molecule has 0 heterocycles. The smallest absolute Gasteiger partial charge is 0.212 e. The lowest BCUT2D eigenvalue weighted by Crippen LogP contribution is -1.99. The van der Waals surface area contributed by atoms with Crippen LogP contribution in [0.2, 0.25) is 0 Å². The van der Waals surface area contributed by atoms with Crippen LogP contribution in [0.5, 0.6) is 0 Å². The molecule has 0 saturated heterocycles. The molecule has 0 spiro atoms. The quantitative estimate of drug-likeness (QED) is 0.784. The summed E-state index contributed by atoms with van der Waals surface area (Å²) in [5.74, 6) is -1.10. The van der Waals surface area contributed by atoms with Gasteiger partial charge in [0.2, 0.25) is 9.05 Å². The summed E-state index contributed by atoms with van der Waals surface area (Å²) in [6.45, 7) is 0. The highest BCUT2D eigenvalue weighted by Gasteiger charge is 2.13. The largest absolute Gasteiger partial charge is 0.236 e. The van der Waals surface area contributed by atoms with E-state index in [9.17, 15) is 12.8 Å². The van der Waals surface area contributed by atoms with Gasteiger partial charge in [0.25, 0.3) is 0 Å².